The molecule has 0 aromatic heterocycles. The van der Waals surface area contributed by atoms with Crippen LogP contribution in [0.15, 0.2) is 24.3 Å². The molecular weight excluding hydrogens is 536 g/mol. The van der Waals surface area contributed by atoms with Gasteiger partial charge < -0.3 is 25.5 Å². The molecule has 2 unspecified atom stereocenters. The summed E-state index contributed by atoms with van der Waals surface area (Å²) in [6, 6.07) is 3.98. The number of nitro groups is 1. The van der Waals surface area contributed by atoms with Gasteiger partial charge in [0.05, 0.1) is 37.6 Å². The third-order valence-corrected chi connectivity index (χ3v) is 6.08. The zero-order chi connectivity index (χ0) is 30.4. The monoisotopic (exact) mass is 570 g/mol. The number of hydrogen-bond acceptors (Lipinski definition) is 10. The molecule has 1 aromatic carbocycles. The van der Waals surface area contributed by atoms with Crippen LogP contribution in [0.25, 0.3) is 0 Å². The Kier molecular flexibility index (Phi) is 14.2. The Balaban J connectivity index is 3.28. The Morgan fingerprint density at radius 3 is 1.55 bits per heavy atom. The highest BCUT2D eigenvalue weighted by Crippen LogP contribution is 2.17. The number of nitro benzene ring substituents is 1. The van der Waals surface area contributed by atoms with Gasteiger partial charge in [-0.2, -0.15) is 0 Å². The molecule has 0 bridgehead atoms. The topological polar surface area (TPSA) is 239 Å². The first-order chi connectivity index (χ1) is 18.7. The summed E-state index contributed by atoms with van der Waals surface area (Å²) >= 11 is 0. The third kappa shape index (κ3) is 13.1. The van der Waals surface area contributed by atoms with E-state index in [1.54, 1.807) is 6.92 Å². The molecule has 0 fully saturated rings. The van der Waals surface area contributed by atoms with Crippen molar-refractivity contribution >= 4 is 35.5 Å². The molecule has 1 rings (SSSR count). The van der Waals surface area contributed by atoms with Crippen LogP contribution in [-0.2, 0) is 30.4 Å². The number of rotatable bonds is 21. The molecule has 0 aliphatic carbocycles. The minimum absolute atomic E-state index is 0.0377. The molecule has 0 saturated carbocycles. The fraction of sp³-hybridized carbons (Fsp3) is 0.542. The molecule has 0 aliphatic rings. The lowest BCUT2D eigenvalue weighted by molar-refractivity contribution is -0.384. The van der Waals surface area contributed by atoms with Crippen LogP contribution in [0.3, 0.4) is 0 Å². The summed E-state index contributed by atoms with van der Waals surface area (Å²) in [6.45, 7) is -1.29. The standard InChI is InChI=1S/C24H34N4O12/c1-2-17(26(12-21(31)32)13-22(33)34)7-8-25(11-20(29)30)10-19(27(14-23(35)36)15-24(37)38)9-16-3-5-18(6-4-16)28(39)40/h3-6,17,19H,2,7-15H2,1H3,(H,29,30)(H,31,32)(H,33,34)(H,35,36)(H,37,38). The van der Waals surface area contributed by atoms with E-state index in [9.17, 15) is 59.6 Å². The highest BCUT2D eigenvalue weighted by Gasteiger charge is 2.28. The Hall–Kier alpha value is -4.15. The van der Waals surface area contributed by atoms with E-state index in [0.717, 1.165) is 4.90 Å². The molecule has 5 N–H and O–H groups in total. The highest BCUT2D eigenvalue weighted by molar-refractivity contribution is 5.73. The predicted octanol–water partition coefficient (Wildman–Crippen LogP) is 0.00360. The van der Waals surface area contributed by atoms with Crippen molar-refractivity contribution in [1.29, 1.82) is 0 Å². The molecule has 0 heterocycles. The van der Waals surface area contributed by atoms with Gasteiger partial charge in [0.25, 0.3) is 5.69 Å². The summed E-state index contributed by atoms with van der Waals surface area (Å²) in [5, 5.41) is 57.6. The van der Waals surface area contributed by atoms with Crippen LogP contribution >= 0.6 is 0 Å². The third-order valence-electron chi connectivity index (χ3n) is 6.08. The average molecular weight is 571 g/mol. The predicted molar refractivity (Wildman–Crippen MR) is 137 cm³/mol. The average Bonchev–Trinajstić information content (AvgIpc) is 2.82. The molecule has 16 heteroatoms. The Morgan fingerprint density at radius 1 is 0.750 bits per heavy atom. The summed E-state index contributed by atoms with van der Waals surface area (Å²) < 4.78 is 0. The van der Waals surface area contributed by atoms with Gasteiger partial charge in [-0.15, -0.1) is 0 Å². The Labute approximate surface area is 229 Å². The maximum Gasteiger partial charge on any atom is 0.317 e. The van der Waals surface area contributed by atoms with Gasteiger partial charge in [0.15, 0.2) is 0 Å². The minimum atomic E-state index is -1.32. The molecule has 0 aliphatic heterocycles. The van der Waals surface area contributed by atoms with Gasteiger partial charge in [-0.1, -0.05) is 19.1 Å². The Morgan fingerprint density at radius 2 is 1.18 bits per heavy atom. The number of hydrogen-bond donors (Lipinski definition) is 5. The number of carboxylic acid groups (broad SMARTS) is 5. The number of nitrogens with zero attached hydrogens (tertiary/aromatic N) is 4. The van der Waals surface area contributed by atoms with E-state index in [-0.39, 0.29) is 31.6 Å². The van der Waals surface area contributed by atoms with Crippen molar-refractivity contribution in [2.45, 2.75) is 38.3 Å². The van der Waals surface area contributed by atoms with Crippen LogP contribution in [0.5, 0.6) is 0 Å². The van der Waals surface area contributed by atoms with Crippen molar-refractivity contribution in [3.8, 4) is 0 Å². The summed E-state index contributed by atoms with van der Waals surface area (Å²) in [6.07, 6.45) is 0.570. The Bertz CT molecular complexity index is 1020. The van der Waals surface area contributed by atoms with E-state index in [1.165, 1.54) is 34.1 Å². The minimum Gasteiger partial charge on any atom is -0.480 e. The van der Waals surface area contributed by atoms with Crippen LogP contribution < -0.4 is 0 Å². The molecule has 222 valence electrons. The molecule has 0 amide bonds. The lowest BCUT2D eigenvalue weighted by Gasteiger charge is -2.35. The van der Waals surface area contributed by atoms with Crippen LogP contribution in [0.2, 0.25) is 0 Å². The molecule has 0 spiro atoms. The summed E-state index contributed by atoms with van der Waals surface area (Å²) in [5.41, 5.74) is 0.339. The van der Waals surface area contributed by atoms with Crippen molar-refractivity contribution in [3.63, 3.8) is 0 Å². The summed E-state index contributed by atoms with van der Waals surface area (Å²) in [7, 11) is 0. The van der Waals surface area contributed by atoms with Crippen molar-refractivity contribution in [2.75, 3.05) is 45.8 Å². The van der Waals surface area contributed by atoms with Gasteiger partial charge in [-0.3, -0.25) is 48.8 Å². The lowest BCUT2D eigenvalue weighted by Crippen LogP contribution is -2.51. The van der Waals surface area contributed by atoms with E-state index in [0.29, 0.717) is 12.0 Å². The van der Waals surface area contributed by atoms with Crippen LogP contribution in [-0.4, -0.2) is 133 Å². The highest BCUT2D eigenvalue weighted by atomic mass is 16.6. The summed E-state index contributed by atoms with van der Waals surface area (Å²) in [4.78, 5) is 71.4. The molecule has 2 atom stereocenters. The normalized spacial score (nSPS) is 12.8. The number of carbonyl (C=O) groups is 5. The molecule has 40 heavy (non-hydrogen) atoms. The first-order valence-electron chi connectivity index (χ1n) is 12.2. The van der Waals surface area contributed by atoms with Crippen molar-refractivity contribution in [2.24, 2.45) is 0 Å². The van der Waals surface area contributed by atoms with Gasteiger partial charge in [0.2, 0.25) is 0 Å². The van der Waals surface area contributed by atoms with Gasteiger partial charge in [0, 0.05) is 37.3 Å². The second kappa shape index (κ2) is 16.7. The largest absolute Gasteiger partial charge is 0.480 e. The molecule has 0 radical (unpaired) electrons. The van der Waals surface area contributed by atoms with E-state index < -0.39 is 79.6 Å². The van der Waals surface area contributed by atoms with Crippen LogP contribution in [0.1, 0.15) is 25.3 Å². The van der Waals surface area contributed by atoms with E-state index in [2.05, 4.69) is 0 Å². The quantitative estimate of drug-likeness (QED) is 0.0965. The van der Waals surface area contributed by atoms with Crippen molar-refractivity contribution in [3.05, 3.63) is 39.9 Å². The fourth-order valence-corrected chi connectivity index (χ4v) is 4.36. The lowest BCUT2D eigenvalue weighted by atomic mass is 10.0. The van der Waals surface area contributed by atoms with Crippen molar-refractivity contribution in [1.82, 2.24) is 14.7 Å². The maximum absolute atomic E-state index is 11.6. The number of aliphatic carboxylic acids is 5. The summed E-state index contributed by atoms with van der Waals surface area (Å²) in [5.74, 6) is -6.32. The molecule has 0 saturated heterocycles. The van der Waals surface area contributed by atoms with Gasteiger partial charge >= 0.3 is 29.8 Å². The van der Waals surface area contributed by atoms with Gasteiger partial charge in [0.1, 0.15) is 0 Å². The number of carboxylic acids is 5. The van der Waals surface area contributed by atoms with Crippen LogP contribution in [0, 0.1) is 10.1 Å². The fourth-order valence-electron chi connectivity index (χ4n) is 4.36. The van der Waals surface area contributed by atoms with Crippen molar-refractivity contribution < 1.29 is 54.4 Å². The van der Waals surface area contributed by atoms with Gasteiger partial charge in [-0.25, -0.2) is 0 Å². The second-order valence-corrected chi connectivity index (χ2v) is 9.15. The zero-order valence-corrected chi connectivity index (χ0v) is 21.9. The molecule has 16 nitrogen and oxygen atoms in total. The van der Waals surface area contributed by atoms with Crippen LogP contribution in [0.4, 0.5) is 5.69 Å². The number of non-ortho nitro benzene ring substituents is 1. The first kappa shape index (κ1) is 33.9. The maximum atomic E-state index is 11.6. The molecule has 1 aromatic rings. The van der Waals surface area contributed by atoms with Gasteiger partial charge in [-0.05, 0) is 24.8 Å². The van der Waals surface area contributed by atoms with E-state index in [1.807, 2.05) is 0 Å². The zero-order valence-electron chi connectivity index (χ0n) is 21.9. The smallest absolute Gasteiger partial charge is 0.317 e. The van der Waals surface area contributed by atoms with E-state index >= 15 is 0 Å². The molecular formula is C24H34N4O12. The second-order valence-electron chi connectivity index (χ2n) is 9.15. The first-order valence-corrected chi connectivity index (χ1v) is 12.2. The van der Waals surface area contributed by atoms with E-state index in [4.69, 9.17) is 0 Å². The number of benzene rings is 1. The SMILES string of the molecule is CCC(CCN(CC(=O)O)CC(Cc1ccc([N+](=O)[O-])cc1)N(CC(=O)O)CC(=O)O)N(CC(=O)O)CC(=O)O.